The van der Waals surface area contributed by atoms with Crippen LogP contribution in [0.1, 0.15) is 23.2 Å². The third kappa shape index (κ3) is 8.11. The van der Waals surface area contributed by atoms with Gasteiger partial charge in [0.25, 0.3) is 5.91 Å². The van der Waals surface area contributed by atoms with E-state index in [1.165, 1.54) is 6.07 Å². The Hall–Kier alpha value is -5.70. The van der Waals surface area contributed by atoms with E-state index in [0.29, 0.717) is 63.3 Å². The van der Waals surface area contributed by atoms with Crippen molar-refractivity contribution in [1.82, 2.24) is 29.2 Å². The van der Waals surface area contributed by atoms with Crippen LogP contribution in [0, 0.1) is 11.6 Å². The first-order valence-corrected chi connectivity index (χ1v) is 19.3. The van der Waals surface area contributed by atoms with E-state index >= 15 is 0 Å². The van der Waals surface area contributed by atoms with Crippen LogP contribution in [-0.2, 0) is 0 Å². The van der Waals surface area contributed by atoms with E-state index in [1.807, 2.05) is 40.9 Å². The van der Waals surface area contributed by atoms with Crippen LogP contribution < -0.4 is 20.3 Å². The highest BCUT2D eigenvalue weighted by atomic mass is 35.5. The molecule has 11 nitrogen and oxygen atoms in total. The Morgan fingerprint density at radius 3 is 2.44 bits per heavy atom. The number of para-hydroxylation sites is 1. The number of ether oxygens (including phenoxy) is 1. The zero-order valence-corrected chi connectivity index (χ0v) is 32.0. The molecule has 0 unspecified atom stereocenters. The summed E-state index contributed by atoms with van der Waals surface area (Å²) in [5.41, 5.74) is 4.09. The first-order valence-electron chi connectivity index (χ1n) is 18.9. The van der Waals surface area contributed by atoms with Crippen LogP contribution in [0.2, 0.25) is 5.02 Å². The Morgan fingerprint density at radius 1 is 0.912 bits per heavy atom. The number of fused-ring (bicyclic) bond motifs is 1. The van der Waals surface area contributed by atoms with Gasteiger partial charge in [-0.2, -0.15) is 0 Å². The summed E-state index contributed by atoms with van der Waals surface area (Å²) in [4.78, 5) is 34.5. The number of anilines is 4. The Labute approximate surface area is 333 Å². The molecule has 8 rings (SSSR count). The van der Waals surface area contributed by atoms with Gasteiger partial charge in [-0.15, -0.1) is 0 Å². The molecule has 294 valence electrons. The SMILES string of the molecule is COc1cc(N2CCC(N3CCN(CCF)CC3)CC2)c(Cl)cc1Nc1nccc(-c2c(-c3cccc(C(=O)Nc4c(F)cccc4F)c3)nc3ccccn23)n1. The molecule has 0 aliphatic carbocycles. The van der Waals surface area contributed by atoms with Crippen molar-refractivity contribution >= 4 is 46.2 Å². The van der Waals surface area contributed by atoms with Crippen LogP contribution in [0.25, 0.3) is 28.3 Å². The highest BCUT2D eigenvalue weighted by molar-refractivity contribution is 6.33. The summed E-state index contributed by atoms with van der Waals surface area (Å²) in [7, 11) is 1.61. The van der Waals surface area contributed by atoms with Crippen LogP contribution >= 0.6 is 11.6 Å². The van der Waals surface area contributed by atoms with E-state index in [1.54, 1.807) is 43.6 Å². The predicted octanol–water partition coefficient (Wildman–Crippen LogP) is 7.95. The lowest BCUT2D eigenvalue weighted by atomic mass is 10.0. The number of pyridine rings is 1. The molecule has 0 bridgehead atoms. The van der Waals surface area contributed by atoms with Crippen LogP contribution in [0.4, 0.5) is 36.2 Å². The highest BCUT2D eigenvalue weighted by Gasteiger charge is 2.29. The molecule has 0 spiro atoms. The Kier molecular flexibility index (Phi) is 11.3. The summed E-state index contributed by atoms with van der Waals surface area (Å²) >= 11 is 6.95. The zero-order valence-electron chi connectivity index (χ0n) is 31.3. The van der Waals surface area contributed by atoms with Crippen molar-refractivity contribution in [2.24, 2.45) is 0 Å². The maximum Gasteiger partial charge on any atom is 0.255 e. The Bertz CT molecular complexity index is 2380. The van der Waals surface area contributed by atoms with E-state index in [4.69, 9.17) is 26.3 Å². The minimum atomic E-state index is -0.875. The van der Waals surface area contributed by atoms with Gasteiger partial charge in [0.05, 0.1) is 40.6 Å². The van der Waals surface area contributed by atoms with Gasteiger partial charge in [-0.3, -0.25) is 19.0 Å². The summed E-state index contributed by atoms with van der Waals surface area (Å²) in [6, 6.07) is 21.7. The van der Waals surface area contributed by atoms with Gasteiger partial charge in [0, 0.05) is 81.4 Å². The fraction of sp³-hybridized carbons (Fsp3) is 0.286. The molecule has 0 atom stereocenters. The van der Waals surface area contributed by atoms with Crippen molar-refractivity contribution in [2.45, 2.75) is 18.9 Å². The molecule has 3 aromatic heterocycles. The normalized spacial score (nSPS) is 15.6. The highest BCUT2D eigenvalue weighted by Crippen LogP contribution is 2.40. The lowest BCUT2D eigenvalue weighted by Gasteiger charge is -2.43. The van der Waals surface area contributed by atoms with Gasteiger partial charge in [0.15, 0.2) is 0 Å². The summed E-state index contributed by atoms with van der Waals surface area (Å²) in [6.45, 7) is 5.68. The van der Waals surface area contributed by atoms with Gasteiger partial charge in [-0.05, 0) is 61.4 Å². The molecule has 0 saturated carbocycles. The van der Waals surface area contributed by atoms with Crippen LogP contribution in [-0.4, -0.2) is 101 Å². The molecular formula is C42H41ClF3N9O2. The van der Waals surface area contributed by atoms with Crippen LogP contribution in [0.3, 0.4) is 0 Å². The number of nitrogens with zero attached hydrogens (tertiary/aromatic N) is 7. The van der Waals surface area contributed by atoms with E-state index < -0.39 is 23.2 Å². The molecule has 5 heterocycles. The average Bonchev–Trinajstić information content (AvgIpc) is 3.63. The Balaban J connectivity index is 1.02. The van der Waals surface area contributed by atoms with Gasteiger partial charge < -0.3 is 20.3 Å². The predicted molar refractivity (Wildman–Crippen MR) is 216 cm³/mol. The average molecular weight is 796 g/mol. The number of amides is 1. The number of alkyl halides is 1. The molecule has 2 aliphatic rings. The quantitative estimate of drug-likeness (QED) is 0.135. The van der Waals surface area contributed by atoms with E-state index in [2.05, 4.69) is 30.3 Å². The number of aromatic nitrogens is 4. The van der Waals surface area contributed by atoms with Gasteiger partial charge in [-0.1, -0.05) is 35.9 Å². The maximum atomic E-state index is 14.3. The molecule has 2 saturated heterocycles. The number of imidazole rings is 1. The number of piperazine rings is 1. The lowest BCUT2D eigenvalue weighted by Crippen LogP contribution is -2.53. The molecule has 2 fully saturated rings. The van der Waals surface area contributed by atoms with Crippen molar-refractivity contribution in [3.8, 4) is 28.4 Å². The van der Waals surface area contributed by atoms with Crippen molar-refractivity contribution in [1.29, 1.82) is 0 Å². The summed E-state index contributed by atoms with van der Waals surface area (Å²) in [6.07, 6.45) is 5.53. The topological polar surface area (TPSA) is 103 Å². The standard InChI is InChI=1S/C42H41ClF3N9O2/c1-57-36-26-35(54-17-12-29(13-18-54)53-22-20-52(19-14-44)21-23-53)30(43)25-34(36)49-42-47-15-11-33(48-42)40-38(50-37-10-2-3-16-55(37)40)27-6-4-7-28(24-27)41(56)51-39-31(45)8-5-9-32(39)46/h2-11,15-16,24-26,29H,12-14,17-23H2,1H3,(H,51,56)(H,47,48,49). The molecule has 0 radical (unpaired) electrons. The number of piperidine rings is 1. The maximum absolute atomic E-state index is 14.3. The number of nitrogens with one attached hydrogen (secondary N) is 2. The lowest BCUT2D eigenvalue weighted by molar-refractivity contribution is 0.0816. The molecule has 3 aromatic carbocycles. The number of rotatable bonds is 11. The number of carbonyl (C=O) groups is 1. The fourth-order valence-electron chi connectivity index (χ4n) is 7.72. The fourth-order valence-corrected chi connectivity index (χ4v) is 8.00. The van der Waals surface area contributed by atoms with Gasteiger partial charge in [0.2, 0.25) is 5.95 Å². The molecule has 6 aromatic rings. The second kappa shape index (κ2) is 16.8. The molecule has 1 amide bonds. The minimum Gasteiger partial charge on any atom is -0.494 e. The number of methoxy groups -OCH3 is 1. The first-order chi connectivity index (χ1) is 27.8. The van der Waals surface area contributed by atoms with E-state index in [0.717, 1.165) is 69.9 Å². The number of halogens is 4. The van der Waals surface area contributed by atoms with Crippen molar-refractivity contribution in [3.63, 3.8) is 0 Å². The second-order valence-corrected chi connectivity index (χ2v) is 14.5. The summed E-state index contributed by atoms with van der Waals surface area (Å²) < 4.78 is 49.2. The third-order valence-corrected chi connectivity index (χ3v) is 11.0. The molecule has 15 heteroatoms. The smallest absolute Gasteiger partial charge is 0.255 e. The number of benzene rings is 3. The van der Waals surface area contributed by atoms with Gasteiger partial charge in [0.1, 0.15) is 35.4 Å². The van der Waals surface area contributed by atoms with E-state index in [-0.39, 0.29) is 12.2 Å². The number of hydrogen-bond donors (Lipinski definition) is 2. The van der Waals surface area contributed by atoms with Crippen molar-refractivity contribution in [2.75, 3.05) is 75.1 Å². The molecule has 57 heavy (non-hydrogen) atoms. The summed E-state index contributed by atoms with van der Waals surface area (Å²) in [5.74, 6) is -1.56. The molecular weight excluding hydrogens is 755 g/mol. The van der Waals surface area contributed by atoms with Crippen LogP contribution in [0.5, 0.6) is 5.75 Å². The van der Waals surface area contributed by atoms with E-state index in [9.17, 15) is 18.0 Å². The van der Waals surface area contributed by atoms with Crippen molar-refractivity contribution in [3.05, 3.63) is 113 Å². The summed E-state index contributed by atoms with van der Waals surface area (Å²) in [5, 5.41) is 6.22. The van der Waals surface area contributed by atoms with Gasteiger partial charge >= 0.3 is 0 Å². The zero-order chi connectivity index (χ0) is 39.5. The third-order valence-electron chi connectivity index (χ3n) is 10.7. The largest absolute Gasteiger partial charge is 0.494 e. The monoisotopic (exact) mass is 795 g/mol. The number of hydrogen-bond acceptors (Lipinski definition) is 9. The second-order valence-electron chi connectivity index (χ2n) is 14.0. The van der Waals surface area contributed by atoms with Gasteiger partial charge in [-0.25, -0.2) is 28.1 Å². The molecule has 2 N–H and O–H groups in total. The molecule has 2 aliphatic heterocycles. The van der Waals surface area contributed by atoms with Crippen LogP contribution in [0.15, 0.2) is 91.3 Å². The minimum absolute atomic E-state index is 0.185. The first kappa shape index (κ1) is 38.2. The Morgan fingerprint density at radius 2 is 1.68 bits per heavy atom. The number of carbonyl (C=O) groups excluding carboxylic acids is 1. The van der Waals surface area contributed by atoms with Crippen molar-refractivity contribution < 1.29 is 22.7 Å².